The molecule has 0 heterocycles. The van der Waals surface area contributed by atoms with Crippen LogP contribution in [0, 0.1) is 0 Å². The van der Waals surface area contributed by atoms with Gasteiger partial charge < -0.3 is 14.6 Å². The van der Waals surface area contributed by atoms with Crippen molar-refractivity contribution in [3.05, 3.63) is 12.2 Å². The summed E-state index contributed by atoms with van der Waals surface area (Å²) in [7, 11) is 0. The molecule has 0 amide bonds. The highest BCUT2D eigenvalue weighted by molar-refractivity contribution is 5.70. The third-order valence-electron chi connectivity index (χ3n) is 7.81. The van der Waals surface area contributed by atoms with Gasteiger partial charge in [0.05, 0.1) is 6.61 Å². The lowest BCUT2D eigenvalue weighted by atomic mass is 10.1. The quantitative estimate of drug-likeness (QED) is 0.0487. The standard InChI is InChI=1S/C36H68O5/c1-3-5-7-9-11-13-14-15-16-17-18-19-20-21-22-23-25-27-29-31-36(39)41-34(32-37)33-40-35(38)30-28-26-24-12-10-8-6-4-2/h15-16,34,37H,3-14,17-33H2,1-2H3/b16-15-. The second-order valence-electron chi connectivity index (χ2n) is 12.0. The Morgan fingerprint density at radius 1 is 0.537 bits per heavy atom. The Kier molecular flexibility index (Phi) is 32.0. The molecule has 1 N–H and O–H groups in total. The Hall–Kier alpha value is -1.36. The average molecular weight is 581 g/mol. The van der Waals surface area contributed by atoms with Crippen LogP contribution in [-0.4, -0.2) is 36.4 Å². The van der Waals surface area contributed by atoms with Crippen LogP contribution in [0.3, 0.4) is 0 Å². The van der Waals surface area contributed by atoms with E-state index in [4.69, 9.17) is 9.47 Å². The fourth-order valence-corrected chi connectivity index (χ4v) is 5.08. The smallest absolute Gasteiger partial charge is 0.306 e. The Balaban J connectivity index is 3.51. The minimum absolute atomic E-state index is 0.0619. The maximum absolute atomic E-state index is 12.1. The summed E-state index contributed by atoms with van der Waals surface area (Å²) in [6.07, 6.45) is 35.6. The predicted octanol–water partition coefficient (Wildman–Crippen LogP) is 10.6. The molecule has 0 aromatic rings. The van der Waals surface area contributed by atoms with Gasteiger partial charge in [-0.3, -0.25) is 9.59 Å². The molecule has 0 aromatic carbocycles. The molecule has 242 valence electrons. The summed E-state index contributed by atoms with van der Waals surface area (Å²) in [6, 6.07) is 0. The number of aliphatic hydroxyl groups is 1. The van der Waals surface area contributed by atoms with Gasteiger partial charge in [-0.2, -0.15) is 0 Å². The zero-order chi connectivity index (χ0) is 30.1. The van der Waals surface area contributed by atoms with Crippen LogP contribution >= 0.6 is 0 Å². The van der Waals surface area contributed by atoms with E-state index in [0.29, 0.717) is 12.8 Å². The fourth-order valence-electron chi connectivity index (χ4n) is 5.08. The molecule has 0 spiro atoms. The van der Waals surface area contributed by atoms with Crippen molar-refractivity contribution in [3.8, 4) is 0 Å². The molecule has 41 heavy (non-hydrogen) atoms. The summed E-state index contributed by atoms with van der Waals surface area (Å²) >= 11 is 0. The number of carbonyl (C=O) groups excluding carboxylic acids is 2. The molecular formula is C36H68O5. The zero-order valence-electron chi connectivity index (χ0n) is 27.3. The van der Waals surface area contributed by atoms with Crippen LogP contribution in [-0.2, 0) is 19.1 Å². The van der Waals surface area contributed by atoms with Crippen molar-refractivity contribution in [2.24, 2.45) is 0 Å². The summed E-state index contributed by atoms with van der Waals surface area (Å²) < 4.78 is 10.5. The van der Waals surface area contributed by atoms with Gasteiger partial charge >= 0.3 is 11.9 Å². The van der Waals surface area contributed by atoms with E-state index >= 15 is 0 Å². The molecule has 0 aliphatic carbocycles. The highest BCUT2D eigenvalue weighted by Crippen LogP contribution is 2.13. The minimum atomic E-state index is -0.763. The van der Waals surface area contributed by atoms with Gasteiger partial charge in [0.15, 0.2) is 6.10 Å². The highest BCUT2D eigenvalue weighted by Gasteiger charge is 2.16. The van der Waals surface area contributed by atoms with Crippen LogP contribution in [0.25, 0.3) is 0 Å². The molecule has 0 aliphatic heterocycles. The number of hydrogen-bond acceptors (Lipinski definition) is 5. The van der Waals surface area contributed by atoms with E-state index in [9.17, 15) is 14.7 Å². The van der Waals surface area contributed by atoms with Gasteiger partial charge in [-0.15, -0.1) is 0 Å². The number of allylic oxidation sites excluding steroid dienone is 2. The Morgan fingerprint density at radius 3 is 1.32 bits per heavy atom. The normalized spacial score (nSPS) is 12.2. The minimum Gasteiger partial charge on any atom is -0.462 e. The van der Waals surface area contributed by atoms with E-state index in [1.807, 2.05) is 0 Å². The number of ether oxygens (including phenoxy) is 2. The Bertz CT molecular complexity index is 589. The number of hydrogen-bond donors (Lipinski definition) is 1. The molecule has 0 bridgehead atoms. The second kappa shape index (κ2) is 33.1. The number of aliphatic hydroxyl groups excluding tert-OH is 1. The van der Waals surface area contributed by atoms with Gasteiger partial charge in [0.25, 0.3) is 0 Å². The number of carbonyl (C=O) groups is 2. The second-order valence-corrected chi connectivity index (χ2v) is 12.0. The summed E-state index contributed by atoms with van der Waals surface area (Å²) in [5, 5.41) is 9.49. The third kappa shape index (κ3) is 31.4. The maximum atomic E-state index is 12.1. The maximum Gasteiger partial charge on any atom is 0.306 e. The van der Waals surface area contributed by atoms with Crippen LogP contribution in [0.15, 0.2) is 12.2 Å². The van der Waals surface area contributed by atoms with E-state index < -0.39 is 6.10 Å². The summed E-state index contributed by atoms with van der Waals surface area (Å²) in [5.74, 6) is -0.592. The topological polar surface area (TPSA) is 72.8 Å². The van der Waals surface area contributed by atoms with Crippen LogP contribution < -0.4 is 0 Å². The Labute approximate surface area is 254 Å². The summed E-state index contributed by atoms with van der Waals surface area (Å²) in [4.78, 5) is 24.0. The largest absolute Gasteiger partial charge is 0.462 e. The van der Waals surface area contributed by atoms with Crippen molar-refractivity contribution in [2.45, 2.75) is 193 Å². The van der Waals surface area contributed by atoms with Crippen molar-refractivity contribution >= 4 is 11.9 Å². The van der Waals surface area contributed by atoms with Gasteiger partial charge in [0.1, 0.15) is 6.61 Å². The lowest BCUT2D eigenvalue weighted by Crippen LogP contribution is -2.28. The first kappa shape index (κ1) is 39.6. The van der Waals surface area contributed by atoms with E-state index in [0.717, 1.165) is 38.5 Å². The van der Waals surface area contributed by atoms with Gasteiger partial charge in [-0.25, -0.2) is 0 Å². The Morgan fingerprint density at radius 2 is 0.902 bits per heavy atom. The lowest BCUT2D eigenvalue weighted by Gasteiger charge is -2.15. The molecule has 0 aliphatic rings. The highest BCUT2D eigenvalue weighted by atomic mass is 16.6. The van der Waals surface area contributed by atoms with Crippen molar-refractivity contribution in [1.82, 2.24) is 0 Å². The van der Waals surface area contributed by atoms with Gasteiger partial charge in [-0.1, -0.05) is 148 Å². The average Bonchev–Trinajstić information content (AvgIpc) is 2.97. The fraction of sp³-hybridized carbons (Fsp3) is 0.889. The molecule has 1 unspecified atom stereocenters. The zero-order valence-corrected chi connectivity index (χ0v) is 27.3. The molecule has 0 saturated carbocycles. The van der Waals surface area contributed by atoms with Crippen LogP contribution in [0.2, 0.25) is 0 Å². The van der Waals surface area contributed by atoms with Gasteiger partial charge in [0.2, 0.25) is 0 Å². The van der Waals surface area contributed by atoms with Crippen LogP contribution in [0.1, 0.15) is 187 Å². The van der Waals surface area contributed by atoms with Gasteiger partial charge in [0, 0.05) is 12.8 Å². The van der Waals surface area contributed by atoms with Crippen molar-refractivity contribution < 1.29 is 24.2 Å². The predicted molar refractivity (Wildman–Crippen MR) is 173 cm³/mol. The van der Waals surface area contributed by atoms with E-state index in [-0.39, 0.29) is 25.2 Å². The van der Waals surface area contributed by atoms with E-state index in [1.165, 1.54) is 122 Å². The molecule has 0 saturated heterocycles. The molecule has 0 aromatic heterocycles. The molecular weight excluding hydrogens is 512 g/mol. The number of rotatable bonds is 32. The first-order valence-electron chi connectivity index (χ1n) is 17.7. The van der Waals surface area contributed by atoms with Crippen molar-refractivity contribution in [1.29, 1.82) is 0 Å². The molecule has 0 radical (unpaired) electrons. The van der Waals surface area contributed by atoms with Crippen LogP contribution in [0.4, 0.5) is 0 Å². The summed E-state index contributed by atoms with van der Waals surface area (Å²) in [5.41, 5.74) is 0. The first-order chi connectivity index (χ1) is 20.1. The SMILES string of the molecule is CCCCCCCC/C=C\CCCCCCCCCCCC(=O)OC(CO)COC(=O)CCCCCCCCCC. The first-order valence-corrected chi connectivity index (χ1v) is 17.7. The number of unbranched alkanes of at least 4 members (excludes halogenated alkanes) is 22. The molecule has 5 nitrogen and oxygen atoms in total. The lowest BCUT2D eigenvalue weighted by molar-refractivity contribution is -0.161. The molecule has 0 fully saturated rings. The van der Waals surface area contributed by atoms with E-state index in [1.54, 1.807) is 0 Å². The molecule has 1 atom stereocenters. The number of esters is 2. The van der Waals surface area contributed by atoms with E-state index in [2.05, 4.69) is 26.0 Å². The third-order valence-corrected chi connectivity index (χ3v) is 7.81. The molecule has 5 heteroatoms. The van der Waals surface area contributed by atoms with Gasteiger partial charge in [-0.05, 0) is 38.5 Å². The van der Waals surface area contributed by atoms with Crippen molar-refractivity contribution in [3.63, 3.8) is 0 Å². The van der Waals surface area contributed by atoms with Crippen molar-refractivity contribution in [2.75, 3.05) is 13.2 Å². The van der Waals surface area contributed by atoms with Crippen LogP contribution in [0.5, 0.6) is 0 Å². The monoisotopic (exact) mass is 581 g/mol. The summed E-state index contributed by atoms with van der Waals surface area (Å²) in [6.45, 7) is 4.10. The molecule has 0 rings (SSSR count).